The first-order valence-corrected chi connectivity index (χ1v) is 3.74. The molecular weight excluding hydrogens is 233 g/mol. The Hall–Kier alpha value is -0.540. The summed E-state index contributed by atoms with van der Waals surface area (Å²) in [6, 6.07) is 0. The Morgan fingerprint density at radius 2 is 1.25 bits per heavy atom. The Morgan fingerprint density at radius 1 is 1.06 bits per heavy atom. The molecule has 0 aromatic heterocycles. The third-order valence-electron chi connectivity index (χ3n) is 0.771. The number of aliphatic hydroxyl groups is 1. The van der Waals surface area contributed by atoms with E-state index in [0.29, 0.717) is 0 Å². The van der Waals surface area contributed by atoms with E-state index in [1.54, 1.807) is 0 Å². The number of rotatable bonds is 2. The Balaban J connectivity index is -0.0000000700. The fourth-order valence-corrected chi connectivity index (χ4v) is 0.300. The molecule has 0 fully saturated rings. The molecule has 0 aromatic carbocycles. The van der Waals surface area contributed by atoms with Gasteiger partial charge in [0.1, 0.15) is 6.54 Å². The third kappa shape index (κ3) is 175. The van der Waals surface area contributed by atoms with Crippen LogP contribution in [0.25, 0.3) is 0 Å². The number of carboxylic acid groups (broad SMARTS) is 4. The maximum atomic E-state index is 8.44. The van der Waals surface area contributed by atoms with Crippen LogP contribution in [0.5, 0.6) is 0 Å². The summed E-state index contributed by atoms with van der Waals surface area (Å²) in [5, 5.41) is 39.0. The van der Waals surface area contributed by atoms with Gasteiger partial charge in [0.2, 0.25) is 12.3 Å². The summed E-state index contributed by atoms with van der Waals surface area (Å²) in [5.74, 6) is 0. The van der Waals surface area contributed by atoms with Crippen molar-refractivity contribution in [2.75, 3.05) is 34.3 Å². The van der Waals surface area contributed by atoms with Crippen LogP contribution in [0.1, 0.15) is 0 Å². The van der Waals surface area contributed by atoms with E-state index in [0.717, 1.165) is 11.0 Å². The SMILES string of the molecule is C[N+](C)(C)CCO.O=C([O-])O.O=C([O-])O.[Na+]. The molecule has 0 aromatic rings. The van der Waals surface area contributed by atoms with E-state index in [1.165, 1.54) is 0 Å². The first-order chi connectivity index (χ1) is 6.52. The zero-order valence-electron chi connectivity index (χ0n) is 9.84. The molecule has 0 aliphatic heterocycles. The third-order valence-corrected chi connectivity index (χ3v) is 0.771. The summed E-state index contributed by atoms with van der Waals surface area (Å²) in [7, 11) is 6.16. The molecule has 3 N–H and O–H groups in total. The minimum absolute atomic E-state index is 0. The van der Waals surface area contributed by atoms with E-state index in [-0.39, 0.29) is 36.2 Å². The van der Waals surface area contributed by atoms with Crippen molar-refractivity contribution in [2.45, 2.75) is 0 Å². The molecule has 0 saturated carbocycles. The van der Waals surface area contributed by atoms with E-state index in [9.17, 15) is 0 Å². The Morgan fingerprint density at radius 3 is 1.25 bits per heavy atom. The second-order valence-corrected chi connectivity index (χ2v) is 3.27. The van der Waals surface area contributed by atoms with Crippen molar-refractivity contribution in [1.29, 1.82) is 0 Å². The summed E-state index contributed by atoms with van der Waals surface area (Å²) in [4.78, 5) is 16.9. The number of carbonyl (C=O) groups is 2. The number of likely N-dealkylation sites (N-methyl/N-ethyl adjacent to an activating group) is 1. The second-order valence-electron chi connectivity index (χ2n) is 3.27. The van der Waals surface area contributed by atoms with Gasteiger partial charge in [0.25, 0.3) is 0 Å². The fourth-order valence-electron chi connectivity index (χ4n) is 0.300. The summed E-state index contributed by atoms with van der Waals surface area (Å²) < 4.78 is 0.844. The van der Waals surface area contributed by atoms with Crippen LogP contribution in [-0.4, -0.2) is 66.4 Å². The van der Waals surface area contributed by atoms with Crippen LogP contribution in [0.4, 0.5) is 9.59 Å². The minimum atomic E-state index is -2.08. The predicted molar refractivity (Wildman–Crippen MR) is 46.0 cm³/mol. The summed E-state index contributed by atoms with van der Waals surface area (Å²) in [6.45, 7) is 1.11. The number of quaternary nitrogens is 1. The average Bonchev–Trinajstić information content (AvgIpc) is 1.79. The van der Waals surface area contributed by atoms with E-state index < -0.39 is 12.3 Å². The van der Waals surface area contributed by atoms with Gasteiger partial charge in [0.15, 0.2) is 0 Å². The molecule has 92 valence electrons. The van der Waals surface area contributed by atoms with E-state index in [4.69, 9.17) is 35.1 Å². The van der Waals surface area contributed by atoms with E-state index in [2.05, 4.69) is 21.1 Å². The standard InChI is InChI=1S/C5H14NO.2CH2O3.Na/c1-6(2,3)4-5-7;2*2-1(3)4;/h7H,4-5H2,1-3H3;2*(H2,2,3,4);/q+1;;;+1/p-2. The molecule has 0 unspecified atom stereocenters. The molecule has 0 bridgehead atoms. The summed E-state index contributed by atoms with van der Waals surface area (Å²) in [6.07, 6.45) is -4.17. The largest absolute Gasteiger partial charge is 1.00 e. The molecule has 0 radical (unpaired) electrons. The number of hydrogen-bond donors (Lipinski definition) is 3. The quantitative estimate of drug-likeness (QED) is 0.327. The molecule has 0 heterocycles. The van der Waals surface area contributed by atoms with Crippen LogP contribution in [0.3, 0.4) is 0 Å². The molecule has 16 heavy (non-hydrogen) atoms. The number of hydrogen-bond acceptors (Lipinski definition) is 5. The van der Waals surface area contributed by atoms with Crippen LogP contribution in [0, 0.1) is 0 Å². The van der Waals surface area contributed by atoms with Crippen molar-refractivity contribution in [3.63, 3.8) is 0 Å². The van der Waals surface area contributed by atoms with Crippen LogP contribution in [0.15, 0.2) is 0 Å². The molecule has 0 rings (SSSR count). The van der Waals surface area contributed by atoms with Crippen LogP contribution >= 0.6 is 0 Å². The van der Waals surface area contributed by atoms with Crippen molar-refractivity contribution in [3.05, 3.63) is 0 Å². The van der Waals surface area contributed by atoms with Crippen molar-refractivity contribution < 1.29 is 69.2 Å². The van der Waals surface area contributed by atoms with Crippen molar-refractivity contribution in [1.82, 2.24) is 0 Å². The normalized spacial score (nSPS) is 8.25. The minimum Gasteiger partial charge on any atom is -0.565 e. The van der Waals surface area contributed by atoms with Gasteiger partial charge in [-0.2, -0.15) is 0 Å². The first-order valence-electron chi connectivity index (χ1n) is 3.74. The van der Waals surface area contributed by atoms with Gasteiger partial charge in [0.05, 0.1) is 27.7 Å². The molecule has 9 heteroatoms. The van der Waals surface area contributed by atoms with E-state index in [1.807, 2.05) is 0 Å². The van der Waals surface area contributed by atoms with Gasteiger partial charge < -0.3 is 39.6 Å². The van der Waals surface area contributed by atoms with Gasteiger partial charge in [-0.1, -0.05) is 0 Å². The average molecular weight is 249 g/mol. The molecule has 0 aliphatic rings. The van der Waals surface area contributed by atoms with Gasteiger partial charge in [-0.15, -0.1) is 0 Å². The molecule has 0 saturated heterocycles. The van der Waals surface area contributed by atoms with Gasteiger partial charge in [-0.05, 0) is 0 Å². The fraction of sp³-hybridized carbons (Fsp3) is 0.714. The molecule has 0 spiro atoms. The Bertz CT molecular complexity index is 160. The molecule has 0 atom stereocenters. The van der Waals surface area contributed by atoms with Gasteiger partial charge in [0, 0.05) is 0 Å². The van der Waals surface area contributed by atoms with Gasteiger partial charge in [-0.25, -0.2) is 0 Å². The molecular formula is C7H16NNaO7. The summed E-state index contributed by atoms with van der Waals surface area (Å²) in [5.41, 5.74) is 0. The topological polar surface area (TPSA) is 141 Å². The molecule has 0 aliphatic carbocycles. The number of aliphatic hydroxyl groups excluding tert-OH is 1. The van der Waals surface area contributed by atoms with Crippen molar-refractivity contribution in [3.8, 4) is 0 Å². The van der Waals surface area contributed by atoms with Crippen LogP contribution in [0.2, 0.25) is 0 Å². The zero-order chi connectivity index (χ0) is 13.1. The maximum Gasteiger partial charge on any atom is 1.00 e. The first kappa shape index (κ1) is 24.6. The number of nitrogens with zero attached hydrogens (tertiary/aromatic N) is 1. The van der Waals surface area contributed by atoms with Crippen molar-refractivity contribution in [2.24, 2.45) is 0 Å². The monoisotopic (exact) mass is 249 g/mol. The predicted octanol–water partition coefficient (Wildman–Crippen LogP) is -5.54. The second kappa shape index (κ2) is 14.5. The Labute approximate surface area is 116 Å². The van der Waals surface area contributed by atoms with E-state index >= 15 is 0 Å². The molecule has 8 nitrogen and oxygen atoms in total. The van der Waals surface area contributed by atoms with Crippen molar-refractivity contribution >= 4 is 12.3 Å². The zero-order valence-corrected chi connectivity index (χ0v) is 11.8. The Kier molecular flexibility index (Phi) is 22.2. The summed E-state index contributed by atoms with van der Waals surface area (Å²) >= 11 is 0. The molecule has 0 amide bonds. The maximum absolute atomic E-state index is 8.44. The van der Waals surface area contributed by atoms with Crippen LogP contribution < -0.4 is 39.8 Å². The van der Waals surface area contributed by atoms with Gasteiger partial charge >= 0.3 is 29.6 Å². The smallest absolute Gasteiger partial charge is 0.565 e. The van der Waals surface area contributed by atoms with Crippen LogP contribution in [-0.2, 0) is 0 Å². The van der Waals surface area contributed by atoms with Gasteiger partial charge in [-0.3, -0.25) is 0 Å².